The molecule has 0 saturated carbocycles. The molecule has 192 valence electrons. The SMILES string of the molecule is Cn1cc(NC(=O)c2cnn3cccnc23)c(-c2cc(Oc3ccc(C(N)=O)cc3)ccc2OC(F)F)n1. The van der Waals surface area contributed by atoms with Gasteiger partial charge in [0.25, 0.3) is 5.91 Å². The van der Waals surface area contributed by atoms with Gasteiger partial charge in [0.05, 0.1) is 17.4 Å². The normalized spacial score (nSPS) is 11.1. The molecule has 2 amide bonds. The van der Waals surface area contributed by atoms with E-state index in [0.29, 0.717) is 17.0 Å². The third-order valence-corrected chi connectivity index (χ3v) is 5.40. The Morgan fingerprint density at radius 3 is 2.61 bits per heavy atom. The second kappa shape index (κ2) is 9.97. The zero-order chi connectivity index (χ0) is 26.8. The Kier molecular flexibility index (Phi) is 6.39. The van der Waals surface area contributed by atoms with Gasteiger partial charge in [-0.2, -0.15) is 19.0 Å². The number of halogens is 2. The second-order valence-electron chi connectivity index (χ2n) is 7.99. The van der Waals surface area contributed by atoms with Crippen LogP contribution < -0.4 is 20.5 Å². The van der Waals surface area contributed by atoms with Gasteiger partial charge in [-0.15, -0.1) is 0 Å². The lowest BCUT2D eigenvalue weighted by Gasteiger charge is -2.13. The molecule has 0 saturated heterocycles. The molecule has 5 aromatic rings. The van der Waals surface area contributed by atoms with Crippen molar-refractivity contribution >= 4 is 23.1 Å². The Morgan fingerprint density at radius 2 is 1.87 bits per heavy atom. The number of amides is 2. The second-order valence-corrected chi connectivity index (χ2v) is 7.99. The largest absolute Gasteiger partial charge is 0.457 e. The monoisotopic (exact) mass is 519 g/mol. The molecule has 3 heterocycles. The highest BCUT2D eigenvalue weighted by Gasteiger charge is 2.22. The number of hydrogen-bond acceptors (Lipinski definition) is 7. The van der Waals surface area contributed by atoms with E-state index >= 15 is 0 Å². The van der Waals surface area contributed by atoms with Crippen molar-refractivity contribution < 1.29 is 27.8 Å². The molecule has 13 heteroatoms. The van der Waals surface area contributed by atoms with Gasteiger partial charge < -0.3 is 20.5 Å². The van der Waals surface area contributed by atoms with Crippen molar-refractivity contribution in [3.63, 3.8) is 0 Å². The summed E-state index contributed by atoms with van der Waals surface area (Å²) in [5, 5.41) is 11.2. The van der Waals surface area contributed by atoms with Crippen LogP contribution in [0.5, 0.6) is 17.2 Å². The van der Waals surface area contributed by atoms with Gasteiger partial charge >= 0.3 is 6.61 Å². The van der Waals surface area contributed by atoms with Gasteiger partial charge in [-0.25, -0.2) is 9.50 Å². The van der Waals surface area contributed by atoms with Gasteiger partial charge in [-0.05, 0) is 48.5 Å². The summed E-state index contributed by atoms with van der Waals surface area (Å²) in [6.45, 7) is -3.10. The molecule has 0 aliphatic heterocycles. The molecular formula is C25H19F2N7O4. The standard InChI is InChI=1S/C25H19F2N7O4/c1-33-13-19(31-24(36)18-12-30-34-10-2-9-29-23(18)34)21(32-33)17-11-16(7-8-20(17)38-25(26)27)37-15-5-3-14(4-6-15)22(28)35/h2-13,25H,1H3,(H2,28,35)(H,31,36). The molecule has 0 unspecified atom stereocenters. The lowest BCUT2D eigenvalue weighted by Crippen LogP contribution is -2.12. The summed E-state index contributed by atoms with van der Waals surface area (Å²) in [6, 6.07) is 11.9. The van der Waals surface area contributed by atoms with Gasteiger partial charge in [0.15, 0.2) is 5.65 Å². The van der Waals surface area contributed by atoms with Gasteiger partial charge in [0.2, 0.25) is 5.91 Å². The molecule has 0 fully saturated rings. The number of nitrogens with two attached hydrogens (primary N) is 1. The number of carbonyl (C=O) groups is 2. The fourth-order valence-electron chi connectivity index (χ4n) is 3.74. The van der Waals surface area contributed by atoms with Crippen molar-refractivity contribution in [2.24, 2.45) is 12.8 Å². The summed E-state index contributed by atoms with van der Waals surface area (Å²) >= 11 is 0. The predicted molar refractivity (Wildman–Crippen MR) is 131 cm³/mol. The molecule has 0 bridgehead atoms. The number of fused-ring (bicyclic) bond motifs is 1. The number of aryl methyl sites for hydroxylation is 1. The molecule has 3 N–H and O–H groups in total. The third-order valence-electron chi connectivity index (χ3n) is 5.40. The maximum Gasteiger partial charge on any atom is 0.387 e. The molecule has 0 spiro atoms. The highest BCUT2D eigenvalue weighted by Crippen LogP contribution is 2.38. The van der Waals surface area contributed by atoms with E-state index in [1.54, 1.807) is 31.4 Å². The molecule has 5 rings (SSSR count). The van der Waals surface area contributed by atoms with E-state index in [2.05, 4.69) is 20.5 Å². The van der Waals surface area contributed by atoms with Gasteiger partial charge in [0, 0.05) is 31.2 Å². The highest BCUT2D eigenvalue weighted by atomic mass is 19.3. The maximum absolute atomic E-state index is 13.2. The predicted octanol–water partition coefficient (Wildman–Crippen LogP) is 3.87. The first-order valence-corrected chi connectivity index (χ1v) is 11.1. The van der Waals surface area contributed by atoms with Crippen LogP contribution in [-0.4, -0.2) is 42.8 Å². The Bertz CT molecular complexity index is 1650. The lowest BCUT2D eigenvalue weighted by atomic mass is 10.1. The first kappa shape index (κ1) is 24.4. The van der Waals surface area contributed by atoms with Crippen LogP contribution in [-0.2, 0) is 7.05 Å². The fourth-order valence-corrected chi connectivity index (χ4v) is 3.74. The highest BCUT2D eigenvalue weighted by molar-refractivity contribution is 6.09. The number of hydrogen-bond donors (Lipinski definition) is 2. The van der Waals surface area contributed by atoms with Crippen LogP contribution in [0.1, 0.15) is 20.7 Å². The number of anilines is 1. The quantitative estimate of drug-likeness (QED) is 0.317. The molecule has 38 heavy (non-hydrogen) atoms. The number of ether oxygens (including phenoxy) is 2. The zero-order valence-electron chi connectivity index (χ0n) is 19.7. The summed E-state index contributed by atoms with van der Waals surface area (Å²) < 4.78 is 39.8. The van der Waals surface area contributed by atoms with Crippen LogP contribution >= 0.6 is 0 Å². The number of carbonyl (C=O) groups excluding carboxylic acids is 2. The van der Waals surface area contributed by atoms with Crippen molar-refractivity contribution in [2.75, 3.05) is 5.32 Å². The minimum Gasteiger partial charge on any atom is -0.457 e. The first-order valence-electron chi connectivity index (χ1n) is 11.1. The zero-order valence-corrected chi connectivity index (χ0v) is 19.7. The van der Waals surface area contributed by atoms with Crippen molar-refractivity contribution in [1.29, 1.82) is 0 Å². The smallest absolute Gasteiger partial charge is 0.387 e. The number of benzene rings is 2. The number of aromatic nitrogens is 5. The maximum atomic E-state index is 13.2. The van der Waals surface area contributed by atoms with E-state index in [4.69, 9.17) is 15.2 Å². The third kappa shape index (κ3) is 4.97. The number of nitrogens with one attached hydrogen (secondary N) is 1. The van der Waals surface area contributed by atoms with E-state index in [1.165, 1.54) is 58.1 Å². The molecule has 0 atom stereocenters. The van der Waals surface area contributed by atoms with Crippen LogP contribution in [0.4, 0.5) is 14.5 Å². The number of nitrogens with zero attached hydrogens (tertiary/aromatic N) is 5. The van der Waals surface area contributed by atoms with E-state index in [1.807, 2.05) is 0 Å². The van der Waals surface area contributed by atoms with Crippen molar-refractivity contribution in [3.8, 4) is 28.5 Å². The van der Waals surface area contributed by atoms with Crippen molar-refractivity contribution in [3.05, 3.63) is 84.4 Å². The average molecular weight is 519 g/mol. The Hall–Kier alpha value is -5.33. The molecule has 0 aliphatic carbocycles. The summed E-state index contributed by atoms with van der Waals surface area (Å²) in [4.78, 5) is 28.6. The molecule has 11 nitrogen and oxygen atoms in total. The Balaban J connectivity index is 1.50. The first-order chi connectivity index (χ1) is 18.3. The van der Waals surface area contributed by atoms with E-state index in [-0.39, 0.29) is 34.0 Å². The Labute approximate surface area is 213 Å². The van der Waals surface area contributed by atoms with Crippen LogP contribution in [0, 0.1) is 0 Å². The average Bonchev–Trinajstić information content (AvgIpc) is 3.48. The molecule has 0 aliphatic rings. The molecule has 2 aromatic carbocycles. The molecule has 3 aromatic heterocycles. The fraction of sp³-hybridized carbons (Fsp3) is 0.0800. The molecule has 0 radical (unpaired) electrons. The summed E-state index contributed by atoms with van der Waals surface area (Å²) in [5.41, 5.74) is 6.65. The van der Waals surface area contributed by atoms with Gasteiger partial charge in [-0.3, -0.25) is 14.3 Å². The number of alkyl halides is 2. The van der Waals surface area contributed by atoms with Crippen LogP contribution in [0.25, 0.3) is 16.9 Å². The number of primary amides is 1. The Morgan fingerprint density at radius 1 is 1.11 bits per heavy atom. The van der Waals surface area contributed by atoms with Crippen molar-refractivity contribution in [1.82, 2.24) is 24.4 Å². The minimum absolute atomic E-state index is 0.144. The van der Waals surface area contributed by atoms with Gasteiger partial charge in [-0.1, -0.05) is 0 Å². The lowest BCUT2D eigenvalue weighted by molar-refractivity contribution is -0.0494. The van der Waals surface area contributed by atoms with Crippen LogP contribution in [0.2, 0.25) is 0 Å². The number of rotatable bonds is 8. The summed E-state index contributed by atoms with van der Waals surface area (Å²) in [7, 11) is 1.62. The summed E-state index contributed by atoms with van der Waals surface area (Å²) in [6.07, 6.45) is 6.07. The molecular weight excluding hydrogens is 500 g/mol. The van der Waals surface area contributed by atoms with Crippen LogP contribution in [0.3, 0.4) is 0 Å². The van der Waals surface area contributed by atoms with E-state index < -0.39 is 18.4 Å². The topological polar surface area (TPSA) is 139 Å². The van der Waals surface area contributed by atoms with E-state index in [9.17, 15) is 18.4 Å². The van der Waals surface area contributed by atoms with Gasteiger partial charge in [0.1, 0.15) is 28.5 Å². The van der Waals surface area contributed by atoms with Crippen LogP contribution in [0.15, 0.2) is 73.3 Å². The summed E-state index contributed by atoms with van der Waals surface area (Å²) in [5.74, 6) is -0.645. The van der Waals surface area contributed by atoms with Crippen molar-refractivity contribution in [2.45, 2.75) is 6.61 Å². The minimum atomic E-state index is -3.10. The van der Waals surface area contributed by atoms with E-state index in [0.717, 1.165) is 0 Å².